The Hall–Kier alpha value is -2.29. The molecule has 0 fully saturated rings. The zero-order chi connectivity index (χ0) is 17.7. The van der Waals surface area contributed by atoms with Crippen molar-refractivity contribution in [2.75, 3.05) is 11.9 Å². The molecule has 0 aliphatic carbocycles. The van der Waals surface area contributed by atoms with Crippen LogP contribution in [0.5, 0.6) is 5.75 Å². The molecular formula is C21H27NO2. The third kappa shape index (κ3) is 4.85. The van der Waals surface area contributed by atoms with Gasteiger partial charge in [-0.3, -0.25) is 4.79 Å². The number of ether oxygens (including phenoxy) is 1. The summed E-state index contributed by atoms with van der Waals surface area (Å²) in [5.74, 6) is 1.32. The van der Waals surface area contributed by atoms with Crippen LogP contribution in [0.1, 0.15) is 47.3 Å². The molecule has 3 nitrogen and oxygen atoms in total. The number of benzene rings is 2. The van der Waals surface area contributed by atoms with Crippen molar-refractivity contribution in [2.45, 2.75) is 41.0 Å². The Kier molecular flexibility index (Phi) is 6.02. The average Bonchev–Trinajstić information content (AvgIpc) is 2.51. The Labute approximate surface area is 145 Å². The SMILES string of the molecule is Cc1cc(C)c(NC(=O)c2ccc(OCCC(C)C)cc2)c(C)c1. The van der Waals surface area contributed by atoms with Crippen LogP contribution in [-0.2, 0) is 0 Å². The third-order valence-corrected chi connectivity index (χ3v) is 4.00. The lowest BCUT2D eigenvalue weighted by atomic mass is 10.0. The Bertz CT molecular complexity index is 679. The van der Waals surface area contributed by atoms with Crippen LogP contribution < -0.4 is 10.1 Å². The van der Waals surface area contributed by atoms with Crippen LogP contribution in [0.25, 0.3) is 0 Å². The Morgan fingerprint density at radius 3 is 2.17 bits per heavy atom. The van der Waals surface area contributed by atoms with E-state index in [1.165, 1.54) is 5.56 Å². The van der Waals surface area contributed by atoms with E-state index in [0.29, 0.717) is 18.1 Å². The van der Waals surface area contributed by atoms with Gasteiger partial charge in [0.05, 0.1) is 6.61 Å². The first kappa shape index (κ1) is 18.1. The lowest BCUT2D eigenvalue weighted by Crippen LogP contribution is -2.14. The van der Waals surface area contributed by atoms with Gasteiger partial charge in [-0.15, -0.1) is 0 Å². The van der Waals surface area contributed by atoms with E-state index in [2.05, 4.69) is 38.2 Å². The number of hydrogen-bond acceptors (Lipinski definition) is 2. The van der Waals surface area contributed by atoms with Gasteiger partial charge >= 0.3 is 0 Å². The molecule has 0 saturated carbocycles. The Morgan fingerprint density at radius 1 is 1.04 bits per heavy atom. The predicted octanol–water partition coefficient (Wildman–Crippen LogP) is 5.29. The summed E-state index contributed by atoms with van der Waals surface area (Å²) in [7, 11) is 0. The van der Waals surface area contributed by atoms with E-state index in [1.807, 2.05) is 26.0 Å². The van der Waals surface area contributed by atoms with E-state index in [9.17, 15) is 4.79 Å². The second-order valence-electron chi connectivity index (χ2n) is 6.78. The maximum absolute atomic E-state index is 12.5. The fraction of sp³-hybridized carbons (Fsp3) is 0.381. The van der Waals surface area contributed by atoms with Gasteiger partial charge < -0.3 is 10.1 Å². The number of amides is 1. The zero-order valence-corrected chi connectivity index (χ0v) is 15.3. The molecule has 0 unspecified atom stereocenters. The largest absolute Gasteiger partial charge is 0.494 e. The summed E-state index contributed by atoms with van der Waals surface area (Å²) in [4.78, 5) is 12.5. The number of carbonyl (C=O) groups is 1. The van der Waals surface area contributed by atoms with Crippen LogP contribution in [-0.4, -0.2) is 12.5 Å². The van der Waals surface area contributed by atoms with Crippen molar-refractivity contribution < 1.29 is 9.53 Å². The lowest BCUT2D eigenvalue weighted by molar-refractivity contribution is 0.102. The van der Waals surface area contributed by atoms with Crippen molar-refractivity contribution in [3.8, 4) is 5.75 Å². The summed E-state index contributed by atoms with van der Waals surface area (Å²) >= 11 is 0. The van der Waals surface area contributed by atoms with Crippen LogP contribution in [0, 0.1) is 26.7 Å². The fourth-order valence-corrected chi connectivity index (χ4v) is 2.68. The number of rotatable bonds is 6. The fourth-order valence-electron chi connectivity index (χ4n) is 2.68. The first-order valence-electron chi connectivity index (χ1n) is 8.49. The van der Waals surface area contributed by atoms with Crippen LogP contribution in [0.15, 0.2) is 36.4 Å². The molecule has 0 saturated heterocycles. The highest BCUT2D eigenvalue weighted by atomic mass is 16.5. The molecule has 2 aromatic carbocycles. The number of anilines is 1. The highest BCUT2D eigenvalue weighted by Crippen LogP contribution is 2.23. The molecule has 2 aromatic rings. The molecule has 0 aliphatic heterocycles. The molecule has 0 spiro atoms. The minimum atomic E-state index is -0.0983. The molecule has 24 heavy (non-hydrogen) atoms. The Balaban J connectivity index is 2.03. The van der Waals surface area contributed by atoms with Gasteiger partial charge in [0.25, 0.3) is 5.91 Å². The van der Waals surface area contributed by atoms with E-state index < -0.39 is 0 Å². The molecule has 3 heteroatoms. The summed E-state index contributed by atoms with van der Waals surface area (Å²) in [6.07, 6.45) is 1.02. The van der Waals surface area contributed by atoms with Crippen LogP contribution in [0.3, 0.4) is 0 Å². The minimum absolute atomic E-state index is 0.0983. The Morgan fingerprint density at radius 2 is 1.62 bits per heavy atom. The van der Waals surface area contributed by atoms with Crippen molar-refractivity contribution in [1.29, 1.82) is 0 Å². The van der Waals surface area contributed by atoms with Crippen molar-refractivity contribution >= 4 is 11.6 Å². The average molecular weight is 325 g/mol. The second-order valence-corrected chi connectivity index (χ2v) is 6.78. The maximum atomic E-state index is 12.5. The van der Waals surface area contributed by atoms with E-state index in [0.717, 1.165) is 29.0 Å². The van der Waals surface area contributed by atoms with Crippen LogP contribution >= 0.6 is 0 Å². The van der Waals surface area contributed by atoms with Gasteiger partial charge in [0.2, 0.25) is 0 Å². The highest BCUT2D eigenvalue weighted by Gasteiger charge is 2.10. The van der Waals surface area contributed by atoms with Gasteiger partial charge in [-0.25, -0.2) is 0 Å². The lowest BCUT2D eigenvalue weighted by Gasteiger charge is -2.13. The molecule has 128 valence electrons. The molecule has 1 N–H and O–H groups in total. The topological polar surface area (TPSA) is 38.3 Å². The van der Waals surface area contributed by atoms with Gasteiger partial charge in [-0.05, 0) is 68.5 Å². The maximum Gasteiger partial charge on any atom is 0.255 e. The van der Waals surface area contributed by atoms with Crippen molar-refractivity contribution in [3.63, 3.8) is 0 Å². The second kappa shape index (κ2) is 8.00. The van der Waals surface area contributed by atoms with E-state index in [1.54, 1.807) is 12.1 Å². The van der Waals surface area contributed by atoms with Gasteiger partial charge in [-0.1, -0.05) is 31.5 Å². The molecule has 0 aromatic heterocycles. The quantitative estimate of drug-likeness (QED) is 0.783. The van der Waals surface area contributed by atoms with Crippen molar-refractivity contribution in [2.24, 2.45) is 5.92 Å². The predicted molar refractivity (Wildman–Crippen MR) is 100.0 cm³/mol. The van der Waals surface area contributed by atoms with Crippen LogP contribution in [0.4, 0.5) is 5.69 Å². The summed E-state index contributed by atoms with van der Waals surface area (Å²) in [6, 6.07) is 11.5. The van der Waals surface area contributed by atoms with Gasteiger partial charge in [-0.2, -0.15) is 0 Å². The molecule has 0 radical (unpaired) electrons. The van der Waals surface area contributed by atoms with E-state index >= 15 is 0 Å². The molecule has 0 heterocycles. The monoisotopic (exact) mass is 325 g/mol. The summed E-state index contributed by atoms with van der Waals surface area (Å²) in [5.41, 5.74) is 4.88. The standard InChI is InChI=1S/C21H27NO2/c1-14(2)10-11-24-19-8-6-18(7-9-19)21(23)22-20-16(4)12-15(3)13-17(20)5/h6-9,12-14H,10-11H2,1-5H3,(H,22,23). The van der Waals surface area contributed by atoms with Crippen LogP contribution in [0.2, 0.25) is 0 Å². The van der Waals surface area contributed by atoms with Gasteiger partial charge in [0.1, 0.15) is 5.75 Å². The molecule has 0 aliphatic rings. The van der Waals surface area contributed by atoms with Gasteiger partial charge in [0.15, 0.2) is 0 Å². The zero-order valence-electron chi connectivity index (χ0n) is 15.3. The minimum Gasteiger partial charge on any atom is -0.494 e. The van der Waals surface area contributed by atoms with E-state index in [-0.39, 0.29) is 5.91 Å². The number of aryl methyl sites for hydroxylation is 3. The number of nitrogens with one attached hydrogen (secondary N) is 1. The number of hydrogen-bond donors (Lipinski definition) is 1. The number of carbonyl (C=O) groups excluding carboxylic acids is 1. The highest BCUT2D eigenvalue weighted by molar-refractivity contribution is 6.05. The smallest absolute Gasteiger partial charge is 0.255 e. The van der Waals surface area contributed by atoms with E-state index in [4.69, 9.17) is 4.74 Å². The van der Waals surface area contributed by atoms with Crippen molar-refractivity contribution in [1.82, 2.24) is 0 Å². The first-order chi connectivity index (χ1) is 11.4. The molecular weight excluding hydrogens is 298 g/mol. The summed E-state index contributed by atoms with van der Waals surface area (Å²) in [5, 5.41) is 3.02. The van der Waals surface area contributed by atoms with Crippen molar-refractivity contribution in [3.05, 3.63) is 58.7 Å². The molecule has 0 bridgehead atoms. The van der Waals surface area contributed by atoms with Gasteiger partial charge in [0, 0.05) is 11.3 Å². The first-order valence-corrected chi connectivity index (χ1v) is 8.49. The molecule has 2 rings (SSSR count). The molecule has 0 atom stereocenters. The third-order valence-electron chi connectivity index (χ3n) is 4.00. The molecule has 1 amide bonds. The summed E-state index contributed by atoms with van der Waals surface area (Å²) in [6.45, 7) is 11.1. The summed E-state index contributed by atoms with van der Waals surface area (Å²) < 4.78 is 5.69. The normalized spacial score (nSPS) is 10.8.